The molecular formula is C16H17BrClNO2. The first kappa shape index (κ1) is 16.1. The Labute approximate surface area is 138 Å². The van der Waals surface area contributed by atoms with Crippen molar-refractivity contribution in [3.8, 4) is 11.5 Å². The summed E-state index contributed by atoms with van der Waals surface area (Å²) in [5, 5.41) is 0.714. The van der Waals surface area contributed by atoms with Crippen LogP contribution in [0.3, 0.4) is 0 Å². The lowest BCUT2D eigenvalue weighted by molar-refractivity contribution is 0.354. The molecule has 0 fully saturated rings. The second-order valence-electron chi connectivity index (χ2n) is 4.67. The van der Waals surface area contributed by atoms with Gasteiger partial charge in [0.05, 0.1) is 14.2 Å². The molecule has 0 saturated heterocycles. The first-order valence-corrected chi connectivity index (χ1v) is 7.63. The summed E-state index contributed by atoms with van der Waals surface area (Å²) in [6, 6.07) is 11.3. The zero-order valence-electron chi connectivity index (χ0n) is 11.9. The third-order valence-corrected chi connectivity index (χ3v) is 4.17. The van der Waals surface area contributed by atoms with E-state index >= 15 is 0 Å². The van der Waals surface area contributed by atoms with Gasteiger partial charge in [0.1, 0.15) is 0 Å². The van der Waals surface area contributed by atoms with Crippen LogP contribution >= 0.6 is 27.5 Å². The summed E-state index contributed by atoms with van der Waals surface area (Å²) in [6.07, 6.45) is 0.689. The maximum absolute atomic E-state index is 6.32. The second kappa shape index (κ2) is 7.16. The molecule has 0 spiro atoms. The van der Waals surface area contributed by atoms with Crippen LogP contribution in [-0.2, 0) is 6.42 Å². The molecule has 0 aliphatic carbocycles. The quantitative estimate of drug-likeness (QED) is 0.850. The highest BCUT2D eigenvalue weighted by molar-refractivity contribution is 9.10. The van der Waals surface area contributed by atoms with Crippen molar-refractivity contribution in [2.24, 2.45) is 5.73 Å². The van der Waals surface area contributed by atoms with Crippen molar-refractivity contribution >= 4 is 27.5 Å². The van der Waals surface area contributed by atoms with Gasteiger partial charge < -0.3 is 15.2 Å². The number of rotatable bonds is 5. The Balaban J connectivity index is 2.28. The number of halogens is 2. The standard InChI is InChI=1S/C16H17BrClNO2/c1-20-15-8-12(13(17)9-16(15)21-2)14(19)7-10-4-3-5-11(18)6-10/h3-6,8-9,14H,7,19H2,1-2H3. The van der Waals surface area contributed by atoms with Crippen molar-refractivity contribution < 1.29 is 9.47 Å². The van der Waals surface area contributed by atoms with Crippen LogP contribution in [0.15, 0.2) is 40.9 Å². The molecule has 0 saturated carbocycles. The Kier molecular flexibility index (Phi) is 5.51. The maximum Gasteiger partial charge on any atom is 0.161 e. The molecule has 2 aromatic rings. The fourth-order valence-electron chi connectivity index (χ4n) is 2.18. The van der Waals surface area contributed by atoms with Crippen LogP contribution in [0.1, 0.15) is 17.2 Å². The van der Waals surface area contributed by atoms with E-state index < -0.39 is 0 Å². The molecule has 0 aliphatic heterocycles. The Morgan fingerprint density at radius 2 is 1.81 bits per heavy atom. The van der Waals surface area contributed by atoms with Gasteiger partial charge in [0, 0.05) is 15.5 Å². The van der Waals surface area contributed by atoms with Gasteiger partial charge in [-0.2, -0.15) is 0 Å². The van der Waals surface area contributed by atoms with E-state index in [9.17, 15) is 0 Å². The van der Waals surface area contributed by atoms with E-state index in [0.717, 1.165) is 15.6 Å². The molecule has 112 valence electrons. The highest BCUT2D eigenvalue weighted by Gasteiger charge is 2.15. The summed E-state index contributed by atoms with van der Waals surface area (Å²) >= 11 is 9.54. The molecule has 1 atom stereocenters. The van der Waals surface area contributed by atoms with Gasteiger partial charge in [0.25, 0.3) is 0 Å². The fourth-order valence-corrected chi connectivity index (χ4v) is 3.01. The molecule has 3 nitrogen and oxygen atoms in total. The van der Waals surface area contributed by atoms with Gasteiger partial charge in [0.2, 0.25) is 0 Å². The number of hydrogen-bond acceptors (Lipinski definition) is 3. The van der Waals surface area contributed by atoms with Gasteiger partial charge in [-0.05, 0) is 41.8 Å². The average molecular weight is 371 g/mol. The number of nitrogens with two attached hydrogens (primary N) is 1. The molecule has 0 heterocycles. The lowest BCUT2D eigenvalue weighted by Crippen LogP contribution is -2.14. The summed E-state index contributed by atoms with van der Waals surface area (Å²) < 4.78 is 11.5. The minimum absolute atomic E-state index is 0.169. The molecule has 2 aromatic carbocycles. The SMILES string of the molecule is COc1cc(Br)c(C(N)Cc2cccc(Cl)c2)cc1OC. The number of ether oxygens (including phenoxy) is 2. The van der Waals surface area contributed by atoms with Gasteiger partial charge in [-0.3, -0.25) is 0 Å². The monoisotopic (exact) mass is 369 g/mol. The minimum Gasteiger partial charge on any atom is -0.493 e. The van der Waals surface area contributed by atoms with E-state index in [1.165, 1.54) is 0 Å². The van der Waals surface area contributed by atoms with Crippen LogP contribution in [0.25, 0.3) is 0 Å². The summed E-state index contributed by atoms with van der Waals surface area (Å²) in [4.78, 5) is 0. The minimum atomic E-state index is -0.169. The van der Waals surface area contributed by atoms with Crippen LogP contribution in [-0.4, -0.2) is 14.2 Å². The smallest absolute Gasteiger partial charge is 0.161 e. The topological polar surface area (TPSA) is 44.5 Å². The molecule has 0 aliphatic rings. The van der Waals surface area contributed by atoms with E-state index in [2.05, 4.69) is 15.9 Å². The fraction of sp³-hybridized carbons (Fsp3) is 0.250. The number of benzene rings is 2. The maximum atomic E-state index is 6.32. The summed E-state index contributed by atoms with van der Waals surface area (Å²) in [5.74, 6) is 1.33. The highest BCUT2D eigenvalue weighted by Crippen LogP contribution is 2.36. The zero-order chi connectivity index (χ0) is 15.4. The predicted octanol–water partition coefficient (Wildman–Crippen LogP) is 4.36. The molecule has 0 bridgehead atoms. The molecule has 2 N–H and O–H groups in total. The number of methoxy groups -OCH3 is 2. The summed E-state index contributed by atoms with van der Waals surface area (Å²) in [6.45, 7) is 0. The molecule has 2 rings (SSSR count). The molecule has 0 aromatic heterocycles. The van der Waals surface area contributed by atoms with E-state index in [1.54, 1.807) is 14.2 Å². The Morgan fingerprint density at radius 3 is 2.43 bits per heavy atom. The largest absolute Gasteiger partial charge is 0.493 e. The van der Waals surface area contributed by atoms with Crippen molar-refractivity contribution in [3.63, 3.8) is 0 Å². The van der Waals surface area contributed by atoms with Crippen LogP contribution < -0.4 is 15.2 Å². The van der Waals surface area contributed by atoms with Crippen LogP contribution in [0.5, 0.6) is 11.5 Å². The van der Waals surface area contributed by atoms with Crippen molar-refractivity contribution in [3.05, 3.63) is 57.0 Å². The molecule has 0 amide bonds. The van der Waals surface area contributed by atoms with Gasteiger partial charge in [-0.1, -0.05) is 39.7 Å². The molecule has 5 heteroatoms. The lowest BCUT2D eigenvalue weighted by atomic mass is 9.99. The molecule has 21 heavy (non-hydrogen) atoms. The average Bonchev–Trinajstić information content (AvgIpc) is 2.46. The van der Waals surface area contributed by atoms with Crippen molar-refractivity contribution in [2.45, 2.75) is 12.5 Å². The van der Waals surface area contributed by atoms with E-state index in [-0.39, 0.29) is 6.04 Å². The summed E-state index contributed by atoms with van der Waals surface area (Å²) in [7, 11) is 3.22. The van der Waals surface area contributed by atoms with Gasteiger partial charge in [-0.25, -0.2) is 0 Å². The lowest BCUT2D eigenvalue weighted by Gasteiger charge is -2.17. The number of hydrogen-bond donors (Lipinski definition) is 1. The first-order valence-electron chi connectivity index (χ1n) is 6.46. The molecule has 1 unspecified atom stereocenters. The molecule has 0 radical (unpaired) electrons. The van der Waals surface area contributed by atoms with Crippen LogP contribution in [0, 0.1) is 0 Å². The van der Waals surface area contributed by atoms with Crippen LogP contribution in [0.4, 0.5) is 0 Å². The normalized spacial score (nSPS) is 12.0. The van der Waals surface area contributed by atoms with Crippen molar-refractivity contribution in [1.82, 2.24) is 0 Å². The second-order valence-corrected chi connectivity index (χ2v) is 5.96. The summed E-state index contributed by atoms with van der Waals surface area (Å²) in [5.41, 5.74) is 8.38. The van der Waals surface area contributed by atoms with E-state index in [1.807, 2.05) is 36.4 Å². The third kappa shape index (κ3) is 3.90. The van der Waals surface area contributed by atoms with Crippen molar-refractivity contribution in [1.29, 1.82) is 0 Å². The van der Waals surface area contributed by atoms with Crippen LogP contribution in [0.2, 0.25) is 5.02 Å². The highest BCUT2D eigenvalue weighted by atomic mass is 79.9. The Hall–Kier alpha value is -1.23. The van der Waals surface area contributed by atoms with E-state index in [4.69, 9.17) is 26.8 Å². The predicted molar refractivity (Wildman–Crippen MR) is 89.3 cm³/mol. The van der Waals surface area contributed by atoms with Gasteiger partial charge in [0.15, 0.2) is 11.5 Å². The first-order chi connectivity index (χ1) is 10.0. The van der Waals surface area contributed by atoms with Gasteiger partial charge in [-0.15, -0.1) is 0 Å². The zero-order valence-corrected chi connectivity index (χ0v) is 14.2. The van der Waals surface area contributed by atoms with E-state index in [0.29, 0.717) is 22.9 Å². The third-order valence-electron chi connectivity index (χ3n) is 3.25. The Bertz CT molecular complexity index is 634. The van der Waals surface area contributed by atoms with Crippen molar-refractivity contribution in [2.75, 3.05) is 14.2 Å². The Morgan fingerprint density at radius 1 is 1.14 bits per heavy atom. The van der Waals surface area contributed by atoms with Gasteiger partial charge >= 0.3 is 0 Å². The molecular weight excluding hydrogens is 354 g/mol.